The number of nitrogens with one attached hydrogen (secondary N) is 1. The lowest BCUT2D eigenvalue weighted by Gasteiger charge is -2.36. The highest BCUT2D eigenvalue weighted by atomic mass is 16.5. The number of hydrogen-bond donors (Lipinski definition) is 2. The third-order valence-electron chi connectivity index (χ3n) is 6.46. The number of amides is 1. The van der Waals surface area contributed by atoms with Gasteiger partial charge < -0.3 is 0 Å². The average molecular weight is 361 g/mol. The van der Waals surface area contributed by atoms with Crippen molar-refractivity contribution in [1.82, 2.24) is 20.3 Å². The Bertz CT molecular complexity index is 697. The Morgan fingerprint density at radius 2 is 2.19 bits per heavy atom. The molecule has 6 nitrogen and oxygen atoms in total. The van der Waals surface area contributed by atoms with Gasteiger partial charge in [0.25, 0.3) is 5.91 Å². The van der Waals surface area contributed by atoms with Crippen molar-refractivity contribution in [3.63, 3.8) is 0 Å². The van der Waals surface area contributed by atoms with Crippen LogP contribution >= 0.6 is 0 Å². The fraction of sp³-hybridized carbons (Fsp3) is 0.700. The number of piperidine rings is 1. The standard InChI is InChI=1S/C18H24N4O2.C2H6.H2/c23-17(20-24)12-7-13-10-21(5-4-16(13)19-9-12)11-18-8-14(18)3-6-22(18)15-1-2-15;1-2;/h7,9,14-15,24H,1-6,8,10-11H2,(H,20,23);1-2H3;1H. The zero-order chi connectivity index (χ0) is 18.3. The summed E-state index contributed by atoms with van der Waals surface area (Å²) in [7, 11) is 0. The van der Waals surface area contributed by atoms with Crippen LogP contribution < -0.4 is 5.48 Å². The first-order valence-corrected chi connectivity index (χ1v) is 10.1. The molecule has 1 amide bonds. The first kappa shape index (κ1) is 17.9. The molecular formula is C20H32N4O2. The summed E-state index contributed by atoms with van der Waals surface area (Å²) in [5.74, 6) is 0.420. The van der Waals surface area contributed by atoms with Crippen molar-refractivity contribution in [2.75, 3.05) is 19.6 Å². The van der Waals surface area contributed by atoms with E-state index in [1.807, 2.05) is 19.9 Å². The van der Waals surface area contributed by atoms with Gasteiger partial charge in [-0.1, -0.05) is 13.8 Å². The Kier molecular flexibility index (Phi) is 4.75. The van der Waals surface area contributed by atoms with Crippen LogP contribution in [0.2, 0.25) is 0 Å². The van der Waals surface area contributed by atoms with E-state index < -0.39 is 5.91 Å². The zero-order valence-corrected chi connectivity index (χ0v) is 15.9. The average Bonchev–Trinajstić information content (AvgIpc) is 3.61. The third-order valence-corrected chi connectivity index (χ3v) is 6.46. The maximum Gasteiger partial charge on any atom is 0.276 e. The Balaban J connectivity index is 0.000000680. The van der Waals surface area contributed by atoms with E-state index in [0.717, 1.165) is 49.3 Å². The number of carbonyl (C=O) groups is 1. The molecule has 26 heavy (non-hydrogen) atoms. The molecule has 1 aromatic heterocycles. The molecule has 0 aromatic carbocycles. The van der Waals surface area contributed by atoms with E-state index in [-0.39, 0.29) is 1.43 Å². The number of nitrogens with zero attached hydrogens (tertiary/aromatic N) is 3. The molecule has 0 radical (unpaired) electrons. The highest BCUT2D eigenvalue weighted by molar-refractivity contribution is 5.93. The summed E-state index contributed by atoms with van der Waals surface area (Å²) in [5.41, 5.74) is 4.80. The number of hydroxylamine groups is 1. The second kappa shape index (κ2) is 6.91. The van der Waals surface area contributed by atoms with E-state index in [1.165, 1.54) is 32.2 Å². The summed E-state index contributed by atoms with van der Waals surface area (Å²) < 4.78 is 0. The summed E-state index contributed by atoms with van der Waals surface area (Å²) in [6.45, 7) is 8.37. The minimum absolute atomic E-state index is 0. The number of pyridine rings is 1. The van der Waals surface area contributed by atoms with Crippen molar-refractivity contribution in [2.45, 2.75) is 64.1 Å². The van der Waals surface area contributed by atoms with E-state index in [1.54, 1.807) is 11.7 Å². The van der Waals surface area contributed by atoms with Crippen molar-refractivity contribution in [1.29, 1.82) is 0 Å². The van der Waals surface area contributed by atoms with Gasteiger partial charge in [0.15, 0.2) is 0 Å². The monoisotopic (exact) mass is 360 g/mol. The number of hydrogen-bond acceptors (Lipinski definition) is 5. The molecule has 144 valence electrons. The molecule has 4 aliphatic rings. The van der Waals surface area contributed by atoms with Gasteiger partial charge >= 0.3 is 0 Å². The molecule has 6 heteroatoms. The summed E-state index contributed by atoms with van der Waals surface area (Å²) >= 11 is 0. The Labute approximate surface area is 157 Å². The van der Waals surface area contributed by atoms with Gasteiger partial charge in [-0.05, 0) is 49.8 Å². The normalized spacial score (nSPS) is 30.0. The Hall–Kier alpha value is -1.50. The van der Waals surface area contributed by atoms with Crippen molar-refractivity contribution >= 4 is 5.91 Å². The first-order valence-electron chi connectivity index (χ1n) is 10.1. The lowest BCUT2D eigenvalue weighted by Crippen LogP contribution is -2.47. The van der Waals surface area contributed by atoms with Gasteiger partial charge in [0, 0.05) is 51.0 Å². The van der Waals surface area contributed by atoms with Crippen LogP contribution in [0.5, 0.6) is 0 Å². The van der Waals surface area contributed by atoms with Crippen LogP contribution in [0.4, 0.5) is 0 Å². The second-order valence-corrected chi connectivity index (χ2v) is 7.95. The SMILES string of the molecule is CC.O=C(NO)c1cnc2c(c1)CN(CC13CC1CCN3C1CC1)CC2.[HH]. The molecule has 1 saturated heterocycles. The zero-order valence-electron chi connectivity index (χ0n) is 15.9. The van der Waals surface area contributed by atoms with Gasteiger partial charge in [-0.2, -0.15) is 0 Å². The molecule has 1 aromatic rings. The number of rotatable bonds is 4. The van der Waals surface area contributed by atoms with E-state index in [0.29, 0.717) is 11.1 Å². The van der Waals surface area contributed by atoms with E-state index >= 15 is 0 Å². The van der Waals surface area contributed by atoms with E-state index in [4.69, 9.17) is 5.21 Å². The van der Waals surface area contributed by atoms with Crippen molar-refractivity contribution < 1.29 is 11.4 Å². The number of carbonyl (C=O) groups excluding carboxylic acids is 1. The molecule has 2 aliphatic heterocycles. The summed E-state index contributed by atoms with van der Waals surface area (Å²) in [5, 5.41) is 8.82. The van der Waals surface area contributed by atoms with E-state index in [2.05, 4.69) is 14.8 Å². The van der Waals surface area contributed by atoms with Crippen LogP contribution in [-0.4, -0.2) is 57.1 Å². The van der Waals surface area contributed by atoms with Crippen molar-refractivity contribution in [3.8, 4) is 0 Å². The minimum Gasteiger partial charge on any atom is -0.297 e. The Morgan fingerprint density at radius 3 is 2.88 bits per heavy atom. The van der Waals surface area contributed by atoms with Gasteiger partial charge in [-0.15, -0.1) is 0 Å². The molecule has 2 unspecified atom stereocenters. The smallest absolute Gasteiger partial charge is 0.276 e. The van der Waals surface area contributed by atoms with Gasteiger partial charge in [0.2, 0.25) is 0 Å². The fourth-order valence-corrected chi connectivity index (χ4v) is 5.02. The molecule has 2 atom stereocenters. The molecule has 0 bridgehead atoms. The predicted octanol–water partition coefficient (Wildman–Crippen LogP) is 2.46. The van der Waals surface area contributed by atoms with Gasteiger partial charge in [0.1, 0.15) is 0 Å². The van der Waals surface area contributed by atoms with Crippen molar-refractivity contribution in [2.24, 2.45) is 5.92 Å². The van der Waals surface area contributed by atoms with Crippen LogP contribution in [0, 0.1) is 5.92 Å². The molecular weight excluding hydrogens is 328 g/mol. The van der Waals surface area contributed by atoms with Crippen LogP contribution in [0.25, 0.3) is 0 Å². The quantitative estimate of drug-likeness (QED) is 0.638. The lowest BCUT2D eigenvalue weighted by atomic mass is 10.0. The highest BCUT2D eigenvalue weighted by Gasteiger charge is 2.64. The summed E-state index contributed by atoms with van der Waals surface area (Å²) in [4.78, 5) is 21.4. The van der Waals surface area contributed by atoms with Crippen LogP contribution in [0.3, 0.4) is 0 Å². The second-order valence-electron chi connectivity index (χ2n) is 7.95. The van der Waals surface area contributed by atoms with Crippen molar-refractivity contribution in [3.05, 3.63) is 29.1 Å². The molecule has 2 N–H and O–H groups in total. The minimum atomic E-state index is -0.487. The molecule has 0 spiro atoms. The predicted molar refractivity (Wildman–Crippen MR) is 101 cm³/mol. The van der Waals surface area contributed by atoms with Crippen LogP contribution in [0.15, 0.2) is 12.3 Å². The van der Waals surface area contributed by atoms with Gasteiger partial charge in [-0.25, -0.2) is 5.48 Å². The van der Waals surface area contributed by atoms with Gasteiger partial charge in [-0.3, -0.25) is 24.8 Å². The summed E-state index contributed by atoms with van der Waals surface area (Å²) in [6.07, 6.45) is 8.03. The maximum atomic E-state index is 11.6. The van der Waals surface area contributed by atoms with Crippen LogP contribution in [-0.2, 0) is 13.0 Å². The Morgan fingerprint density at radius 1 is 1.38 bits per heavy atom. The van der Waals surface area contributed by atoms with Gasteiger partial charge in [0.05, 0.1) is 5.56 Å². The highest BCUT2D eigenvalue weighted by Crippen LogP contribution is 2.59. The topological polar surface area (TPSA) is 68.7 Å². The first-order chi connectivity index (χ1) is 12.7. The number of likely N-dealkylation sites (tertiary alicyclic amines) is 1. The third kappa shape index (κ3) is 3.04. The van der Waals surface area contributed by atoms with Crippen LogP contribution in [0.1, 0.15) is 62.6 Å². The molecule has 2 saturated carbocycles. The summed E-state index contributed by atoms with van der Waals surface area (Å²) in [6, 6.07) is 2.74. The van der Waals surface area contributed by atoms with E-state index in [9.17, 15) is 4.79 Å². The molecule has 3 fully saturated rings. The lowest BCUT2D eigenvalue weighted by molar-refractivity contribution is 0.0705. The molecule has 5 rings (SSSR count). The molecule has 3 heterocycles. The number of aromatic nitrogens is 1. The maximum absolute atomic E-state index is 11.6. The molecule has 2 aliphatic carbocycles. The largest absolute Gasteiger partial charge is 0.297 e. The fourth-order valence-electron chi connectivity index (χ4n) is 5.02. The number of fused-ring (bicyclic) bond motifs is 2.